The minimum absolute atomic E-state index is 0.00183. The van der Waals surface area contributed by atoms with Gasteiger partial charge in [-0.05, 0) is 36.6 Å². The van der Waals surface area contributed by atoms with Gasteiger partial charge in [0.1, 0.15) is 5.70 Å². The molecule has 0 bridgehead atoms. The molecule has 2 aromatic carbocycles. The summed E-state index contributed by atoms with van der Waals surface area (Å²) in [6, 6.07) is 13.9. The fourth-order valence-corrected chi connectivity index (χ4v) is 2.81. The van der Waals surface area contributed by atoms with E-state index in [0.717, 1.165) is 21.7 Å². The standard InChI is InChI=1S/C20H20N2O3/c1-13-7-8-15(11-14(13)2)16-5-3-4-6-17(16)21-18-12-19(24)22(9-10-23)20(18)25/h3-8,11-12,21,23H,9-10H2,1-2H3. The van der Waals surface area contributed by atoms with Crippen LogP contribution in [0.5, 0.6) is 0 Å². The van der Waals surface area contributed by atoms with Crippen molar-refractivity contribution in [2.24, 2.45) is 0 Å². The third kappa shape index (κ3) is 3.32. The molecule has 0 unspecified atom stereocenters. The van der Waals surface area contributed by atoms with Crippen molar-refractivity contribution in [2.45, 2.75) is 13.8 Å². The molecule has 0 atom stereocenters. The van der Waals surface area contributed by atoms with Crippen molar-refractivity contribution in [3.05, 3.63) is 65.4 Å². The Kier molecular flexibility index (Phi) is 4.67. The normalized spacial score (nSPS) is 14.0. The lowest BCUT2D eigenvalue weighted by atomic mass is 9.99. The SMILES string of the molecule is Cc1ccc(-c2ccccc2NC2=CC(=O)N(CCO)C2=O)cc1C. The first-order chi connectivity index (χ1) is 12.0. The second kappa shape index (κ2) is 6.91. The van der Waals surface area contributed by atoms with E-state index in [9.17, 15) is 9.59 Å². The summed E-state index contributed by atoms with van der Waals surface area (Å²) >= 11 is 0. The fourth-order valence-electron chi connectivity index (χ4n) is 2.81. The largest absolute Gasteiger partial charge is 0.395 e. The number of hydrogen-bond donors (Lipinski definition) is 2. The van der Waals surface area contributed by atoms with Crippen molar-refractivity contribution < 1.29 is 14.7 Å². The Balaban J connectivity index is 1.92. The molecule has 25 heavy (non-hydrogen) atoms. The average Bonchev–Trinajstić information content (AvgIpc) is 2.86. The van der Waals surface area contributed by atoms with Gasteiger partial charge in [0.15, 0.2) is 0 Å². The lowest BCUT2D eigenvalue weighted by Gasteiger charge is -2.15. The van der Waals surface area contributed by atoms with Crippen LogP contribution in [0.1, 0.15) is 11.1 Å². The van der Waals surface area contributed by atoms with Gasteiger partial charge in [-0.2, -0.15) is 0 Å². The van der Waals surface area contributed by atoms with Crippen molar-refractivity contribution in [1.29, 1.82) is 0 Å². The Morgan fingerprint density at radius 3 is 2.52 bits per heavy atom. The molecule has 0 aliphatic carbocycles. The molecule has 5 heteroatoms. The van der Waals surface area contributed by atoms with E-state index in [2.05, 4.69) is 31.3 Å². The summed E-state index contributed by atoms with van der Waals surface area (Å²) < 4.78 is 0. The van der Waals surface area contributed by atoms with Crippen LogP contribution in [0.2, 0.25) is 0 Å². The van der Waals surface area contributed by atoms with Crippen LogP contribution in [-0.2, 0) is 9.59 Å². The molecule has 2 N–H and O–H groups in total. The second-order valence-electron chi connectivity index (χ2n) is 6.05. The summed E-state index contributed by atoms with van der Waals surface area (Å²) in [6.07, 6.45) is 1.27. The van der Waals surface area contributed by atoms with E-state index < -0.39 is 11.8 Å². The third-order valence-electron chi connectivity index (χ3n) is 4.35. The van der Waals surface area contributed by atoms with Crippen LogP contribution < -0.4 is 5.32 Å². The zero-order chi connectivity index (χ0) is 18.0. The predicted molar refractivity (Wildman–Crippen MR) is 96.9 cm³/mol. The number of nitrogens with one attached hydrogen (secondary N) is 1. The average molecular weight is 336 g/mol. The topological polar surface area (TPSA) is 69.6 Å². The molecule has 5 nitrogen and oxygen atoms in total. The van der Waals surface area contributed by atoms with Crippen molar-refractivity contribution >= 4 is 17.5 Å². The van der Waals surface area contributed by atoms with E-state index in [0.29, 0.717) is 0 Å². The molecule has 2 amide bonds. The summed E-state index contributed by atoms with van der Waals surface area (Å²) in [5, 5.41) is 12.1. The van der Waals surface area contributed by atoms with Gasteiger partial charge in [0.2, 0.25) is 0 Å². The van der Waals surface area contributed by atoms with Gasteiger partial charge >= 0.3 is 0 Å². The minimum Gasteiger partial charge on any atom is -0.395 e. The number of imide groups is 1. The van der Waals surface area contributed by atoms with E-state index in [-0.39, 0.29) is 18.8 Å². The molecule has 0 radical (unpaired) electrons. The summed E-state index contributed by atoms with van der Waals surface area (Å²) in [5.41, 5.74) is 5.36. The summed E-state index contributed by atoms with van der Waals surface area (Å²) in [4.78, 5) is 25.2. The van der Waals surface area contributed by atoms with Crippen LogP contribution >= 0.6 is 0 Å². The van der Waals surface area contributed by atoms with Gasteiger partial charge in [0.25, 0.3) is 11.8 Å². The molecule has 0 saturated heterocycles. The van der Waals surface area contributed by atoms with Crippen LogP contribution in [0.25, 0.3) is 11.1 Å². The van der Waals surface area contributed by atoms with E-state index in [1.54, 1.807) is 0 Å². The first-order valence-corrected chi connectivity index (χ1v) is 8.13. The zero-order valence-electron chi connectivity index (χ0n) is 14.2. The molecule has 3 rings (SSSR count). The van der Waals surface area contributed by atoms with Crippen molar-refractivity contribution in [3.63, 3.8) is 0 Å². The maximum absolute atomic E-state index is 12.3. The molecular weight excluding hydrogens is 316 g/mol. The zero-order valence-corrected chi connectivity index (χ0v) is 14.2. The maximum Gasteiger partial charge on any atom is 0.277 e. The molecule has 0 spiro atoms. The van der Waals surface area contributed by atoms with E-state index >= 15 is 0 Å². The number of para-hydroxylation sites is 1. The number of amides is 2. The third-order valence-corrected chi connectivity index (χ3v) is 4.35. The summed E-state index contributed by atoms with van der Waals surface area (Å²) in [5.74, 6) is -0.834. The molecule has 0 saturated carbocycles. The van der Waals surface area contributed by atoms with Crippen LogP contribution in [0.4, 0.5) is 5.69 Å². The Morgan fingerprint density at radius 2 is 1.80 bits per heavy atom. The smallest absolute Gasteiger partial charge is 0.277 e. The van der Waals surface area contributed by atoms with Gasteiger partial charge in [0.05, 0.1) is 13.2 Å². The second-order valence-corrected chi connectivity index (χ2v) is 6.05. The molecule has 1 aliphatic rings. The number of carbonyl (C=O) groups is 2. The number of benzene rings is 2. The number of rotatable bonds is 5. The van der Waals surface area contributed by atoms with E-state index in [4.69, 9.17) is 5.11 Å². The molecule has 1 heterocycles. The number of aryl methyl sites for hydroxylation is 2. The fraction of sp³-hybridized carbons (Fsp3) is 0.200. The molecule has 1 aliphatic heterocycles. The highest BCUT2D eigenvalue weighted by Gasteiger charge is 2.30. The van der Waals surface area contributed by atoms with Gasteiger partial charge in [-0.1, -0.05) is 36.4 Å². The van der Waals surface area contributed by atoms with Crippen molar-refractivity contribution in [3.8, 4) is 11.1 Å². The van der Waals surface area contributed by atoms with Gasteiger partial charge in [0, 0.05) is 17.3 Å². The maximum atomic E-state index is 12.3. The van der Waals surface area contributed by atoms with Crippen LogP contribution in [0.15, 0.2) is 54.2 Å². The van der Waals surface area contributed by atoms with Gasteiger partial charge in [-0.15, -0.1) is 0 Å². The van der Waals surface area contributed by atoms with Gasteiger partial charge in [-0.3, -0.25) is 14.5 Å². The Morgan fingerprint density at radius 1 is 1.04 bits per heavy atom. The molecule has 128 valence electrons. The number of hydrogen-bond acceptors (Lipinski definition) is 4. The van der Waals surface area contributed by atoms with Gasteiger partial charge < -0.3 is 10.4 Å². The first-order valence-electron chi connectivity index (χ1n) is 8.13. The van der Waals surface area contributed by atoms with Crippen LogP contribution in [0, 0.1) is 13.8 Å². The number of aliphatic hydroxyl groups is 1. The highest BCUT2D eigenvalue weighted by Crippen LogP contribution is 2.31. The lowest BCUT2D eigenvalue weighted by Crippen LogP contribution is -2.34. The summed E-state index contributed by atoms with van der Waals surface area (Å²) in [7, 11) is 0. The van der Waals surface area contributed by atoms with Crippen molar-refractivity contribution in [2.75, 3.05) is 18.5 Å². The van der Waals surface area contributed by atoms with E-state index in [1.165, 1.54) is 17.2 Å². The molecular formula is C20H20N2O3. The quantitative estimate of drug-likeness (QED) is 0.824. The number of anilines is 1. The van der Waals surface area contributed by atoms with Gasteiger partial charge in [-0.25, -0.2) is 0 Å². The van der Waals surface area contributed by atoms with Crippen LogP contribution in [-0.4, -0.2) is 35.0 Å². The first kappa shape index (κ1) is 16.9. The Bertz CT molecular complexity index is 871. The number of β-amino-alcohol motifs (C(OH)–C–C–N with tert-alkyl or cyclic N) is 1. The number of nitrogens with zero attached hydrogens (tertiary/aromatic N) is 1. The molecule has 0 fully saturated rings. The molecule has 2 aromatic rings. The Hall–Kier alpha value is -2.92. The highest BCUT2D eigenvalue weighted by molar-refractivity contribution is 6.17. The van der Waals surface area contributed by atoms with E-state index in [1.807, 2.05) is 30.3 Å². The predicted octanol–water partition coefficient (Wildman–Crippen LogP) is 2.63. The molecule has 0 aromatic heterocycles. The number of carbonyl (C=O) groups excluding carboxylic acids is 2. The minimum atomic E-state index is -0.422. The summed E-state index contributed by atoms with van der Waals surface area (Å²) in [6.45, 7) is 3.87. The lowest BCUT2D eigenvalue weighted by molar-refractivity contribution is -0.137. The monoisotopic (exact) mass is 336 g/mol. The number of aliphatic hydroxyl groups excluding tert-OH is 1. The highest BCUT2D eigenvalue weighted by atomic mass is 16.3. The Labute approximate surface area is 146 Å². The van der Waals surface area contributed by atoms with Crippen LogP contribution in [0.3, 0.4) is 0 Å². The van der Waals surface area contributed by atoms with Crippen molar-refractivity contribution in [1.82, 2.24) is 4.90 Å².